The zero-order valence-corrected chi connectivity index (χ0v) is 18.1. The summed E-state index contributed by atoms with van der Waals surface area (Å²) < 4.78 is 16.2. The molecule has 0 radical (unpaired) electrons. The van der Waals surface area contributed by atoms with Gasteiger partial charge in [-0.2, -0.15) is 4.98 Å². The molecule has 162 valence electrons. The van der Waals surface area contributed by atoms with Crippen LogP contribution >= 0.6 is 0 Å². The third-order valence-electron chi connectivity index (χ3n) is 4.33. The average molecular weight is 422 g/mol. The van der Waals surface area contributed by atoms with Gasteiger partial charge in [-0.15, -0.1) is 0 Å². The fourth-order valence-corrected chi connectivity index (χ4v) is 2.93. The molecule has 0 spiro atoms. The minimum Gasteiger partial charge on any atom is -0.493 e. The Balaban J connectivity index is 1.70. The molecule has 0 saturated carbocycles. The maximum atomic E-state index is 12.7. The molecule has 1 amide bonds. The van der Waals surface area contributed by atoms with Crippen LogP contribution in [-0.2, 0) is 0 Å². The molecule has 2 aromatic carbocycles. The predicted molar refractivity (Wildman–Crippen MR) is 120 cm³/mol. The number of ether oxygens (including phenoxy) is 3. The fraction of sp³-hybridized carbons (Fsp3) is 0.261. The topological polar surface area (TPSA) is 94.6 Å². The van der Waals surface area contributed by atoms with Gasteiger partial charge in [0.2, 0.25) is 5.88 Å². The van der Waals surface area contributed by atoms with Crippen LogP contribution in [0.2, 0.25) is 0 Å². The van der Waals surface area contributed by atoms with E-state index in [-0.39, 0.29) is 5.91 Å². The van der Waals surface area contributed by atoms with E-state index < -0.39 is 0 Å². The second-order valence-corrected chi connectivity index (χ2v) is 6.68. The van der Waals surface area contributed by atoms with Gasteiger partial charge >= 0.3 is 0 Å². The van der Waals surface area contributed by atoms with Crippen LogP contribution < -0.4 is 24.8 Å². The van der Waals surface area contributed by atoms with Crippen molar-refractivity contribution in [3.8, 4) is 17.4 Å². The number of nitrogens with zero attached hydrogens (tertiary/aromatic N) is 2. The van der Waals surface area contributed by atoms with Gasteiger partial charge in [0.05, 0.1) is 26.4 Å². The van der Waals surface area contributed by atoms with Crippen molar-refractivity contribution in [2.24, 2.45) is 0 Å². The second kappa shape index (κ2) is 10.3. The van der Waals surface area contributed by atoms with Crippen LogP contribution in [0.4, 0.5) is 17.2 Å². The van der Waals surface area contributed by atoms with Crippen LogP contribution in [-0.4, -0.2) is 36.7 Å². The van der Waals surface area contributed by atoms with Gasteiger partial charge in [-0.05, 0) is 49.7 Å². The molecule has 0 bridgehead atoms. The summed E-state index contributed by atoms with van der Waals surface area (Å²) in [6.07, 6.45) is 0.903. The molecule has 31 heavy (non-hydrogen) atoms. The summed E-state index contributed by atoms with van der Waals surface area (Å²) in [7, 11) is 3.03. The summed E-state index contributed by atoms with van der Waals surface area (Å²) in [6.45, 7) is 4.45. The minimum atomic E-state index is -0.291. The van der Waals surface area contributed by atoms with Crippen molar-refractivity contribution in [2.45, 2.75) is 20.3 Å². The van der Waals surface area contributed by atoms with Crippen LogP contribution in [0.5, 0.6) is 17.4 Å². The monoisotopic (exact) mass is 422 g/mol. The van der Waals surface area contributed by atoms with Crippen LogP contribution in [0.3, 0.4) is 0 Å². The highest BCUT2D eigenvalue weighted by atomic mass is 16.5. The van der Waals surface area contributed by atoms with E-state index >= 15 is 0 Å². The van der Waals surface area contributed by atoms with Crippen LogP contribution in [0, 0.1) is 6.92 Å². The number of anilines is 3. The molecule has 0 aliphatic carbocycles. The fourth-order valence-electron chi connectivity index (χ4n) is 2.93. The summed E-state index contributed by atoms with van der Waals surface area (Å²) in [5.41, 5.74) is 1.85. The molecular formula is C23H26N4O4. The number of rotatable bonds is 9. The zero-order valence-electron chi connectivity index (χ0n) is 18.1. The number of carbonyl (C=O) groups is 1. The number of para-hydroxylation sites is 1. The standard InChI is InChI=1S/C23H26N4O4/c1-5-13-31-21-14-20(24-15(2)25-21)26-16-9-11-17(12-10-16)27-23(28)18-7-6-8-19(29-3)22(18)30-4/h6-12,14H,5,13H2,1-4H3,(H,27,28)(H,24,25,26). The minimum absolute atomic E-state index is 0.291. The van der Waals surface area contributed by atoms with E-state index in [1.807, 2.05) is 26.0 Å². The molecule has 0 saturated heterocycles. The third kappa shape index (κ3) is 5.63. The molecule has 0 unspecified atom stereocenters. The quantitative estimate of drug-likeness (QED) is 0.521. The van der Waals surface area contributed by atoms with Gasteiger partial charge in [0.25, 0.3) is 5.91 Å². The van der Waals surface area contributed by atoms with E-state index in [2.05, 4.69) is 20.6 Å². The lowest BCUT2D eigenvalue weighted by Gasteiger charge is -2.13. The van der Waals surface area contributed by atoms with Crippen LogP contribution in [0.25, 0.3) is 0 Å². The summed E-state index contributed by atoms with van der Waals surface area (Å²) in [5.74, 6) is 2.38. The molecule has 1 aromatic heterocycles. The number of nitrogens with one attached hydrogen (secondary N) is 2. The first-order valence-electron chi connectivity index (χ1n) is 9.92. The van der Waals surface area contributed by atoms with Crippen molar-refractivity contribution in [3.05, 3.63) is 59.9 Å². The Morgan fingerprint density at radius 2 is 1.74 bits per heavy atom. The predicted octanol–water partition coefficient (Wildman–Crippen LogP) is 4.59. The summed E-state index contributed by atoms with van der Waals surface area (Å²) in [4.78, 5) is 21.4. The number of carbonyl (C=O) groups excluding carboxylic acids is 1. The number of methoxy groups -OCH3 is 2. The van der Waals surface area contributed by atoms with E-state index in [0.29, 0.717) is 46.9 Å². The molecular weight excluding hydrogens is 396 g/mol. The second-order valence-electron chi connectivity index (χ2n) is 6.68. The molecule has 0 aliphatic heterocycles. The van der Waals surface area contributed by atoms with E-state index in [9.17, 15) is 4.79 Å². The number of hydrogen-bond donors (Lipinski definition) is 2. The van der Waals surface area contributed by atoms with E-state index in [4.69, 9.17) is 14.2 Å². The van der Waals surface area contributed by atoms with E-state index in [0.717, 1.165) is 12.1 Å². The third-order valence-corrected chi connectivity index (χ3v) is 4.33. The lowest BCUT2D eigenvalue weighted by atomic mass is 10.1. The lowest BCUT2D eigenvalue weighted by molar-refractivity contribution is 0.102. The summed E-state index contributed by atoms with van der Waals surface area (Å²) in [6, 6.07) is 14.2. The van der Waals surface area contributed by atoms with Crippen molar-refractivity contribution in [1.82, 2.24) is 9.97 Å². The molecule has 3 rings (SSSR count). The van der Waals surface area contributed by atoms with Crippen molar-refractivity contribution < 1.29 is 19.0 Å². The molecule has 8 nitrogen and oxygen atoms in total. The van der Waals surface area contributed by atoms with Crippen LogP contribution in [0.15, 0.2) is 48.5 Å². The van der Waals surface area contributed by atoms with Gasteiger partial charge in [-0.1, -0.05) is 13.0 Å². The van der Waals surface area contributed by atoms with Gasteiger partial charge in [-0.25, -0.2) is 4.98 Å². The van der Waals surface area contributed by atoms with Crippen LogP contribution in [0.1, 0.15) is 29.5 Å². The maximum Gasteiger partial charge on any atom is 0.259 e. The largest absolute Gasteiger partial charge is 0.493 e. The molecule has 0 atom stereocenters. The summed E-state index contributed by atoms with van der Waals surface area (Å²) >= 11 is 0. The first kappa shape index (κ1) is 21.9. The Bertz CT molecular complexity index is 1040. The smallest absolute Gasteiger partial charge is 0.259 e. The highest BCUT2D eigenvalue weighted by Crippen LogP contribution is 2.31. The van der Waals surface area contributed by atoms with Gasteiger partial charge in [0, 0.05) is 17.4 Å². The highest BCUT2D eigenvalue weighted by molar-refractivity contribution is 6.06. The molecule has 0 fully saturated rings. The zero-order chi connectivity index (χ0) is 22.2. The van der Waals surface area contributed by atoms with Gasteiger partial charge < -0.3 is 24.8 Å². The number of benzene rings is 2. The van der Waals surface area contributed by atoms with Gasteiger partial charge in [0.1, 0.15) is 11.6 Å². The van der Waals surface area contributed by atoms with Gasteiger partial charge in [0.15, 0.2) is 11.5 Å². The number of hydrogen-bond acceptors (Lipinski definition) is 7. The number of amides is 1. The Morgan fingerprint density at radius 3 is 2.42 bits per heavy atom. The molecule has 0 aliphatic rings. The Kier molecular flexibility index (Phi) is 7.26. The first-order valence-corrected chi connectivity index (χ1v) is 9.92. The first-order chi connectivity index (χ1) is 15.0. The Hall–Kier alpha value is -3.81. The molecule has 1 heterocycles. The molecule has 3 aromatic rings. The average Bonchev–Trinajstić information content (AvgIpc) is 2.78. The van der Waals surface area contributed by atoms with Crippen molar-refractivity contribution in [2.75, 3.05) is 31.5 Å². The summed E-state index contributed by atoms with van der Waals surface area (Å²) in [5, 5.41) is 6.10. The number of aromatic nitrogens is 2. The van der Waals surface area contributed by atoms with E-state index in [1.165, 1.54) is 14.2 Å². The number of aryl methyl sites for hydroxylation is 1. The highest BCUT2D eigenvalue weighted by Gasteiger charge is 2.16. The van der Waals surface area contributed by atoms with E-state index in [1.54, 1.807) is 36.4 Å². The SMILES string of the molecule is CCCOc1cc(Nc2ccc(NC(=O)c3cccc(OC)c3OC)cc2)nc(C)n1. The Labute approximate surface area is 181 Å². The van der Waals surface area contributed by atoms with Gasteiger partial charge in [-0.3, -0.25) is 4.79 Å². The van der Waals surface area contributed by atoms with Crippen molar-refractivity contribution >= 4 is 23.1 Å². The normalized spacial score (nSPS) is 10.3. The molecule has 2 N–H and O–H groups in total. The van der Waals surface area contributed by atoms with Crippen molar-refractivity contribution in [3.63, 3.8) is 0 Å². The molecule has 8 heteroatoms. The Morgan fingerprint density at radius 1 is 1.00 bits per heavy atom. The maximum absolute atomic E-state index is 12.7. The van der Waals surface area contributed by atoms with Crippen molar-refractivity contribution in [1.29, 1.82) is 0 Å². The lowest BCUT2D eigenvalue weighted by Crippen LogP contribution is -2.13.